The third-order valence-electron chi connectivity index (χ3n) is 4.35. The van der Waals surface area contributed by atoms with Gasteiger partial charge in [-0.25, -0.2) is 8.78 Å². The van der Waals surface area contributed by atoms with Gasteiger partial charge in [-0.2, -0.15) is 0 Å². The fourth-order valence-electron chi connectivity index (χ4n) is 3.04. The van der Waals surface area contributed by atoms with Crippen LogP contribution in [0.25, 0.3) is 0 Å². The second-order valence-electron chi connectivity index (χ2n) is 6.11. The van der Waals surface area contributed by atoms with Crippen molar-refractivity contribution in [3.05, 3.63) is 69.8 Å². The summed E-state index contributed by atoms with van der Waals surface area (Å²) in [6.07, 6.45) is 1.55. The van der Waals surface area contributed by atoms with Gasteiger partial charge in [0.2, 0.25) is 0 Å². The Morgan fingerprint density at radius 3 is 2.48 bits per heavy atom. The normalized spacial score (nSPS) is 18.1. The lowest BCUT2D eigenvalue weighted by atomic mass is 9.94. The first kappa shape index (κ1) is 17.3. The summed E-state index contributed by atoms with van der Waals surface area (Å²) in [5, 5.41) is 13.6. The Kier molecular flexibility index (Phi) is 5.23. The van der Waals surface area contributed by atoms with Gasteiger partial charge in [-0.15, -0.1) is 0 Å². The molecule has 0 spiro atoms. The lowest BCUT2D eigenvalue weighted by molar-refractivity contribution is -0.385. The number of benzene rings is 2. The van der Waals surface area contributed by atoms with Crippen molar-refractivity contribution in [2.24, 2.45) is 5.92 Å². The lowest BCUT2D eigenvalue weighted by Crippen LogP contribution is -2.17. The zero-order valence-corrected chi connectivity index (χ0v) is 13.5. The molecule has 0 aromatic heterocycles. The first-order valence-electron chi connectivity index (χ1n) is 8.07. The highest BCUT2D eigenvalue weighted by Crippen LogP contribution is 2.33. The van der Waals surface area contributed by atoms with Crippen molar-refractivity contribution < 1.29 is 18.4 Å². The SMILES string of the molecule is O=[N+]([O-])c1cc(F)c(NC(CC2CCOC2)c2ccccc2)c(F)c1. The Morgan fingerprint density at radius 2 is 1.92 bits per heavy atom. The Bertz CT molecular complexity index is 726. The van der Waals surface area contributed by atoms with Crippen molar-refractivity contribution >= 4 is 11.4 Å². The fraction of sp³-hybridized carbons (Fsp3) is 0.333. The maximum absolute atomic E-state index is 14.2. The Labute approximate surface area is 143 Å². The minimum atomic E-state index is -0.977. The van der Waals surface area contributed by atoms with Crippen LogP contribution in [0.1, 0.15) is 24.4 Å². The number of hydrogen-bond acceptors (Lipinski definition) is 4. The van der Waals surface area contributed by atoms with Crippen LogP contribution in [0.3, 0.4) is 0 Å². The highest BCUT2D eigenvalue weighted by molar-refractivity contribution is 5.53. The van der Waals surface area contributed by atoms with E-state index < -0.39 is 22.2 Å². The average molecular weight is 348 g/mol. The van der Waals surface area contributed by atoms with Gasteiger partial charge < -0.3 is 10.1 Å². The summed E-state index contributed by atoms with van der Waals surface area (Å²) in [5.41, 5.74) is -0.0640. The number of nitrogens with zero attached hydrogens (tertiary/aromatic N) is 1. The number of nitro benzene ring substituents is 1. The van der Waals surface area contributed by atoms with Crippen LogP contribution in [0.5, 0.6) is 0 Å². The number of nitro groups is 1. The molecule has 2 aromatic rings. The van der Waals surface area contributed by atoms with Crippen LogP contribution < -0.4 is 5.32 Å². The quantitative estimate of drug-likeness (QED) is 0.619. The number of rotatable bonds is 6. The van der Waals surface area contributed by atoms with Crippen LogP contribution >= 0.6 is 0 Å². The summed E-state index contributed by atoms with van der Waals surface area (Å²) < 4.78 is 33.8. The molecule has 0 saturated carbocycles. The smallest absolute Gasteiger partial charge is 0.275 e. The fourth-order valence-corrected chi connectivity index (χ4v) is 3.04. The third kappa shape index (κ3) is 4.11. The van der Waals surface area contributed by atoms with E-state index in [4.69, 9.17) is 4.74 Å². The Balaban J connectivity index is 1.88. The van der Waals surface area contributed by atoms with Crippen molar-refractivity contribution in [2.75, 3.05) is 18.5 Å². The second kappa shape index (κ2) is 7.57. The summed E-state index contributed by atoms with van der Waals surface area (Å²) in [6, 6.07) is 10.5. The highest BCUT2D eigenvalue weighted by Gasteiger charge is 2.25. The highest BCUT2D eigenvalue weighted by atomic mass is 19.1. The van der Waals surface area contributed by atoms with Crippen LogP contribution in [0.15, 0.2) is 42.5 Å². The number of hydrogen-bond donors (Lipinski definition) is 1. The Morgan fingerprint density at radius 1 is 1.24 bits per heavy atom. The number of nitrogens with one attached hydrogen (secondary N) is 1. The number of halogens is 2. The van der Waals surface area contributed by atoms with Gasteiger partial charge in [0, 0.05) is 13.2 Å². The molecule has 0 aliphatic carbocycles. The third-order valence-corrected chi connectivity index (χ3v) is 4.35. The first-order valence-corrected chi connectivity index (χ1v) is 8.07. The van der Waals surface area contributed by atoms with E-state index in [-0.39, 0.29) is 11.7 Å². The first-order chi connectivity index (χ1) is 12.0. The molecule has 1 heterocycles. The molecule has 1 N–H and O–H groups in total. The van der Waals surface area contributed by atoms with Crippen LogP contribution in [-0.4, -0.2) is 18.1 Å². The summed E-state index contributed by atoms with van der Waals surface area (Å²) in [4.78, 5) is 9.91. The van der Waals surface area contributed by atoms with Crippen molar-refractivity contribution in [3.63, 3.8) is 0 Å². The molecule has 1 saturated heterocycles. The monoisotopic (exact) mass is 348 g/mol. The molecule has 2 aromatic carbocycles. The van der Waals surface area contributed by atoms with Gasteiger partial charge in [-0.3, -0.25) is 10.1 Å². The van der Waals surface area contributed by atoms with Gasteiger partial charge in [0.1, 0.15) is 5.69 Å². The van der Waals surface area contributed by atoms with Crippen LogP contribution in [-0.2, 0) is 4.74 Å². The maximum atomic E-state index is 14.2. The van der Waals surface area contributed by atoms with E-state index in [0.29, 0.717) is 25.6 Å². The van der Waals surface area contributed by atoms with E-state index in [1.165, 1.54) is 0 Å². The predicted octanol–water partition coefficient (Wildman–Crippen LogP) is 4.45. The molecule has 0 radical (unpaired) electrons. The van der Waals surface area contributed by atoms with Crippen molar-refractivity contribution in [1.82, 2.24) is 0 Å². The number of non-ortho nitro benzene ring substituents is 1. The minimum absolute atomic E-state index is 0.293. The summed E-state index contributed by atoms with van der Waals surface area (Å²) >= 11 is 0. The lowest BCUT2D eigenvalue weighted by Gasteiger charge is -2.23. The molecule has 7 heteroatoms. The van der Waals surface area contributed by atoms with Gasteiger partial charge in [0.05, 0.1) is 23.1 Å². The molecule has 3 rings (SSSR count). The predicted molar refractivity (Wildman–Crippen MR) is 89.4 cm³/mol. The van der Waals surface area contributed by atoms with E-state index in [2.05, 4.69) is 5.32 Å². The van der Waals surface area contributed by atoms with Crippen LogP contribution in [0.4, 0.5) is 20.2 Å². The second-order valence-corrected chi connectivity index (χ2v) is 6.11. The average Bonchev–Trinajstić information content (AvgIpc) is 3.10. The summed E-state index contributed by atoms with van der Waals surface area (Å²) in [7, 11) is 0. The topological polar surface area (TPSA) is 64.4 Å². The molecule has 2 atom stereocenters. The molecule has 0 bridgehead atoms. The molecule has 25 heavy (non-hydrogen) atoms. The molecule has 5 nitrogen and oxygen atoms in total. The zero-order chi connectivity index (χ0) is 17.8. The van der Waals surface area contributed by atoms with E-state index in [0.717, 1.165) is 24.1 Å². The van der Waals surface area contributed by atoms with E-state index >= 15 is 0 Å². The zero-order valence-electron chi connectivity index (χ0n) is 13.5. The van der Waals surface area contributed by atoms with E-state index in [9.17, 15) is 18.9 Å². The Hall–Kier alpha value is -2.54. The molecular weight excluding hydrogens is 330 g/mol. The van der Waals surface area contributed by atoms with Crippen molar-refractivity contribution in [1.29, 1.82) is 0 Å². The van der Waals surface area contributed by atoms with Gasteiger partial charge in [-0.05, 0) is 24.3 Å². The van der Waals surface area contributed by atoms with Gasteiger partial charge in [0.25, 0.3) is 5.69 Å². The van der Waals surface area contributed by atoms with Gasteiger partial charge >= 0.3 is 0 Å². The number of anilines is 1. The van der Waals surface area contributed by atoms with E-state index in [1.807, 2.05) is 30.3 Å². The minimum Gasteiger partial charge on any atom is -0.381 e. The largest absolute Gasteiger partial charge is 0.381 e. The molecule has 0 amide bonds. The molecule has 1 aliphatic heterocycles. The van der Waals surface area contributed by atoms with Crippen molar-refractivity contribution in [3.8, 4) is 0 Å². The van der Waals surface area contributed by atoms with Gasteiger partial charge in [0.15, 0.2) is 11.6 Å². The molecule has 1 fully saturated rings. The van der Waals surface area contributed by atoms with Crippen LogP contribution in [0.2, 0.25) is 0 Å². The number of ether oxygens (including phenoxy) is 1. The summed E-state index contributed by atoms with van der Waals surface area (Å²) in [5.74, 6) is -1.66. The molecular formula is C18H18F2N2O3. The van der Waals surface area contributed by atoms with Gasteiger partial charge in [-0.1, -0.05) is 30.3 Å². The molecule has 1 aliphatic rings. The van der Waals surface area contributed by atoms with E-state index in [1.54, 1.807) is 0 Å². The molecule has 2 unspecified atom stereocenters. The summed E-state index contributed by atoms with van der Waals surface area (Å²) in [6.45, 7) is 1.31. The standard InChI is InChI=1S/C18H18F2N2O3/c19-15-9-14(22(23)24)10-16(20)18(15)21-17(8-12-6-7-25-11-12)13-4-2-1-3-5-13/h1-5,9-10,12,17,21H,6-8,11H2. The maximum Gasteiger partial charge on any atom is 0.275 e. The molecule has 132 valence electrons. The van der Waals surface area contributed by atoms with Crippen LogP contribution in [0, 0.1) is 27.7 Å². The van der Waals surface area contributed by atoms with Crippen molar-refractivity contribution in [2.45, 2.75) is 18.9 Å².